The first-order valence-electron chi connectivity index (χ1n) is 8.57. The summed E-state index contributed by atoms with van der Waals surface area (Å²) in [4.78, 5) is 16.6. The number of hydrogen-bond donors (Lipinski definition) is 1. The molecule has 4 nitrogen and oxygen atoms in total. The van der Waals surface area contributed by atoms with Crippen LogP contribution in [0.3, 0.4) is 0 Å². The summed E-state index contributed by atoms with van der Waals surface area (Å²) in [6, 6.07) is 16.5. The monoisotopic (exact) mass is 323 g/mol. The summed E-state index contributed by atoms with van der Waals surface area (Å²) in [6.07, 6.45) is 0.933. The van der Waals surface area contributed by atoms with Crippen molar-refractivity contribution in [2.45, 2.75) is 26.4 Å². The number of rotatable bonds is 5. The Kier molecular flexibility index (Phi) is 5.16. The topological polar surface area (TPSA) is 35.6 Å². The van der Waals surface area contributed by atoms with Gasteiger partial charge in [-0.05, 0) is 42.8 Å². The lowest BCUT2D eigenvalue weighted by Gasteiger charge is -2.18. The van der Waals surface area contributed by atoms with Gasteiger partial charge in [-0.15, -0.1) is 0 Å². The Morgan fingerprint density at radius 2 is 1.96 bits per heavy atom. The second kappa shape index (κ2) is 7.49. The van der Waals surface area contributed by atoms with Gasteiger partial charge in [0.15, 0.2) is 0 Å². The van der Waals surface area contributed by atoms with E-state index in [0.29, 0.717) is 6.54 Å². The van der Waals surface area contributed by atoms with Gasteiger partial charge in [0, 0.05) is 25.3 Å². The van der Waals surface area contributed by atoms with E-state index in [-0.39, 0.29) is 6.03 Å². The van der Waals surface area contributed by atoms with Gasteiger partial charge in [0.1, 0.15) is 0 Å². The average molecular weight is 323 g/mol. The average Bonchev–Trinajstić information content (AvgIpc) is 3.04. The zero-order valence-electron chi connectivity index (χ0n) is 14.5. The Bertz CT molecular complexity index is 714. The first-order valence-corrected chi connectivity index (χ1v) is 8.57. The van der Waals surface area contributed by atoms with Gasteiger partial charge in [0.25, 0.3) is 0 Å². The standard InChI is InChI=1S/C20H25N3O/c1-3-22(2)15-17-8-6-7-16(13-17)14-21-20(24)23-12-11-18-9-4-5-10-19(18)23/h4-10,13H,3,11-12,14-15H2,1-2H3,(H,21,24). The van der Waals surface area contributed by atoms with Crippen molar-refractivity contribution in [3.63, 3.8) is 0 Å². The van der Waals surface area contributed by atoms with Gasteiger partial charge in [-0.25, -0.2) is 4.79 Å². The number of nitrogens with zero attached hydrogens (tertiary/aromatic N) is 2. The molecule has 0 aromatic heterocycles. The van der Waals surface area contributed by atoms with Crippen molar-refractivity contribution in [2.75, 3.05) is 25.0 Å². The largest absolute Gasteiger partial charge is 0.334 e. The lowest BCUT2D eigenvalue weighted by Crippen LogP contribution is -2.38. The number of urea groups is 1. The molecule has 0 fully saturated rings. The molecule has 2 aromatic carbocycles. The van der Waals surface area contributed by atoms with Crippen molar-refractivity contribution in [1.29, 1.82) is 0 Å². The lowest BCUT2D eigenvalue weighted by molar-refractivity contribution is 0.246. The summed E-state index contributed by atoms with van der Waals surface area (Å²) in [5, 5.41) is 3.05. The maximum atomic E-state index is 12.5. The first kappa shape index (κ1) is 16.5. The molecule has 0 spiro atoms. The van der Waals surface area contributed by atoms with Crippen LogP contribution in [0.1, 0.15) is 23.6 Å². The second-order valence-corrected chi connectivity index (χ2v) is 6.34. The molecule has 0 atom stereocenters. The molecule has 0 saturated heterocycles. The molecule has 0 radical (unpaired) electrons. The molecule has 0 aliphatic carbocycles. The van der Waals surface area contributed by atoms with Crippen molar-refractivity contribution in [3.8, 4) is 0 Å². The highest BCUT2D eigenvalue weighted by Crippen LogP contribution is 2.27. The summed E-state index contributed by atoms with van der Waals surface area (Å²) >= 11 is 0. The summed E-state index contributed by atoms with van der Waals surface area (Å²) in [5.41, 5.74) is 4.70. The molecule has 2 aromatic rings. The molecular weight excluding hydrogens is 298 g/mol. The number of benzene rings is 2. The van der Waals surface area contributed by atoms with Crippen LogP contribution in [0.15, 0.2) is 48.5 Å². The summed E-state index contributed by atoms with van der Waals surface area (Å²) < 4.78 is 0. The molecule has 24 heavy (non-hydrogen) atoms. The van der Waals surface area contributed by atoms with Gasteiger partial charge in [-0.3, -0.25) is 4.90 Å². The molecule has 1 aliphatic rings. The van der Waals surface area contributed by atoms with Gasteiger partial charge >= 0.3 is 6.03 Å². The van der Waals surface area contributed by atoms with E-state index < -0.39 is 0 Å². The third-order valence-corrected chi connectivity index (χ3v) is 4.56. The summed E-state index contributed by atoms with van der Waals surface area (Å²) in [6.45, 7) is 5.42. The van der Waals surface area contributed by atoms with Crippen LogP contribution in [0.4, 0.5) is 10.5 Å². The normalized spacial score (nSPS) is 13.2. The van der Waals surface area contributed by atoms with Crippen molar-refractivity contribution in [2.24, 2.45) is 0 Å². The van der Waals surface area contributed by atoms with Crippen LogP contribution in [0.5, 0.6) is 0 Å². The van der Waals surface area contributed by atoms with Crippen LogP contribution in [-0.2, 0) is 19.5 Å². The van der Waals surface area contributed by atoms with E-state index in [1.54, 1.807) is 0 Å². The Hall–Kier alpha value is -2.33. The molecule has 1 aliphatic heterocycles. The first-order chi connectivity index (χ1) is 11.7. The summed E-state index contributed by atoms with van der Waals surface area (Å²) in [5.74, 6) is 0. The molecule has 1 heterocycles. The van der Waals surface area contributed by atoms with E-state index in [0.717, 1.165) is 37.3 Å². The van der Waals surface area contributed by atoms with Crippen molar-refractivity contribution < 1.29 is 4.79 Å². The highest BCUT2D eigenvalue weighted by Gasteiger charge is 2.23. The number of anilines is 1. The Labute approximate surface area is 144 Å². The molecule has 126 valence electrons. The Morgan fingerprint density at radius 1 is 1.17 bits per heavy atom. The third-order valence-electron chi connectivity index (χ3n) is 4.56. The predicted molar refractivity (Wildman–Crippen MR) is 98.2 cm³/mol. The predicted octanol–water partition coefficient (Wildman–Crippen LogP) is 3.41. The smallest absolute Gasteiger partial charge is 0.322 e. The van der Waals surface area contributed by atoms with Crippen molar-refractivity contribution in [1.82, 2.24) is 10.2 Å². The number of fused-ring (bicyclic) bond motifs is 1. The highest BCUT2D eigenvalue weighted by atomic mass is 16.2. The van der Waals surface area contributed by atoms with Crippen LogP contribution < -0.4 is 10.2 Å². The van der Waals surface area contributed by atoms with E-state index in [9.17, 15) is 4.79 Å². The van der Waals surface area contributed by atoms with Gasteiger partial charge in [-0.2, -0.15) is 0 Å². The van der Waals surface area contributed by atoms with Crippen LogP contribution in [0.2, 0.25) is 0 Å². The van der Waals surface area contributed by atoms with E-state index in [1.165, 1.54) is 11.1 Å². The minimum absolute atomic E-state index is 0.0176. The maximum absolute atomic E-state index is 12.5. The number of amides is 2. The number of carbonyl (C=O) groups is 1. The third kappa shape index (κ3) is 3.77. The number of para-hydroxylation sites is 1. The Balaban J connectivity index is 1.60. The zero-order valence-corrected chi connectivity index (χ0v) is 14.5. The highest BCUT2D eigenvalue weighted by molar-refractivity contribution is 5.94. The maximum Gasteiger partial charge on any atom is 0.322 e. The zero-order chi connectivity index (χ0) is 16.9. The Morgan fingerprint density at radius 3 is 2.79 bits per heavy atom. The minimum atomic E-state index is -0.0176. The molecule has 3 rings (SSSR count). The van der Waals surface area contributed by atoms with E-state index >= 15 is 0 Å². The van der Waals surface area contributed by atoms with Gasteiger partial charge in [-0.1, -0.05) is 49.4 Å². The van der Waals surface area contributed by atoms with Gasteiger partial charge < -0.3 is 10.2 Å². The molecule has 0 unspecified atom stereocenters. The molecule has 0 saturated carbocycles. The molecule has 1 N–H and O–H groups in total. The lowest BCUT2D eigenvalue weighted by atomic mass is 10.1. The fraction of sp³-hybridized carbons (Fsp3) is 0.350. The van der Waals surface area contributed by atoms with Crippen molar-refractivity contribution in [3.05, 3.63) is 65.2 Å². The van der Waals surface area contributed by atoms with Crippen LogP contribution in [0, 0.1) is 0 Å². The minimum Gasteiger partial charge on any atom is -0.334 e. The molecule has 4 heteroatoms. The SMILES string of the molecule is CCN(C)Cc1cccc(CNC(=O)N2CCc3ccccc32)c1. The van der Waals surface area contributed by atoms with Crippen LogP contribution in [-0.4, -0.2) is 31.1 Å². The number of nitrogens with one attached hydrogen (secondary N) is 1. The van der Waals surface area contributed by atoms with E-state index in [2.05, 4.69) is 54.5 Å². The molecule has 2 amide bonds. The summed E-state index contributed by atoms with van der Waals surface area (Å²) in [7, 11) is 2.11. The van der Waals surface area contributed by atoms with E-state index in [4.69, 9.17) is 0 Å². The van der Waals surface area contributed by atoms with Crippen LogP contribution in [0.25, 0.3) is 0 Å². The second-order valence-electron chi connectivity index (χ2n) is 6.34. The van der Waals surface area contributed by atoms with Gasteiger partial charge in [0.2, 0.25) is 0 Å². The fourth-order valence-corrected chi connectivity index (χ4v) is 3.08. The number of carbonyl (C=O) groups excluding carboxylic acids is 1. The van der Waals surface area contributed by atoms with E-state index in [1.807, 2.05) is 23.1 Å². The quantitative estimate of drug-likeness (QED) is 0.915. The van der Waals surface area contributed by atoms with Crippen molar-refractivity contribution >= 4 is 11.7 Å². The molecule has 0 bridgehead atoms. The van der Waals surface area contributed by atoms with Crippen LogP contribution >= 0.6 is 0 Å². The number of hydrogen-bond acceptors (Lipinski definition) is 2. The molecular formula is C20H25N3O. The fourth-order valence-electron chi connectivity index (χ4n) is 3.08. The van der Waals surface area contributed by atoms with Gasteiger partial charge in [0.05, 0.1) is 0 Å².